The van der Waals surface area contributed by atoms with Gasteiger partial charge >= 0.3 is 6.03 Å². The van der Waals surface area contributed by atoms with E-state index in [1.807, 2.05) is 35.8 Å². The number of carbonyl (C=O) groups excluding carboxylic acids is 1. The molecule has 1 aliphatic rings. The van der Waals surface area contributed by atoms with Crippen molar-refractivity contribution in [1.82, 2.24) is 20.0 Å². The quantitative estimate of drug-likeness (QED) is 0.836. The van der Waals surface area contributed by atoms with Crippen LogP contribution >= 0.6 is 11.3 Å². The van der Waals surface area contributed by atoms with E-state index in [1.54, 1.807) is 16.0 Å². The molecule has 0 aromatic carbocycles. The molecule has 7 heteroatoms. The first-order valence-electron chi connectivity index (χ1n) is 8.35. The molecule has 2 aromatic heterocycles. The Morgan fingerprint density at radius 2 is 2.50 bits per heavy atom. The van der Waals surface area contributed by atoms with E-state index in [4.69, 9.17) is 4.74 Å². The maximum absolute atomic E-state index is 12.6. The first-order chi connectivity index (χ1) is 11.7. The second kappa shape index (κ2) is 8.30. The maximum atomic E-state index is 12.6. The number of nitrogens with zero attached hydrogens (tertiary/aromatic N) is 3. The van der Waals surface area contributed by atoms with Crippen LogP contribution in [0.15, 0.2) is 29.9 Å². The fourth-order valence-corrected chi connectivity index (χ4v) is 3.59. The van der Waals surface area contributed by atoms with Crippen LogP contribution in [0.3, 0.4) is 0 Å². The molecule has 1 atom stereocenters. The Hall–Kier alpha value is -1.86. The fraction of sp³-hybridized carbons (Fsp3) is 0.529. The van der Waals surface area contributed by atoms with Gasteiger partial charge < -0.3 is 15.0 Å². The van der Waals surface area contributed by atoms with Gasteiger partial charge in [-0.25, -0.2) is 4.79 Å². The number of aromatic nitrogens is 2. The van der Waals surface area contributed by atoms with Gasteiger partial charge in [0.25, 0.3) is 0 Å². The van der Waals surface area contributed by atoms with Crippen LogP contribution in [0.4, 0.5) is 4.79 Å². The molecule has 0 bridgehead atoms. The van der Waals surface area contributed by atoms with E-state index >= 15 is 0 Å². The van der Waals surface area contributed by atoms with Crippen molar-refractivity contribution in [3.63, 3.8) is 0 Å². The third kappa shape index (κ3) is 4.82. The third-order valence-electron chi connectivity index (χ3n) is 4.11. The summed E-state index contributed by atoms with van der Waals surface area (Å²) in [5, 5.41) is 9.21. The Kier molecular flexibility index (Phi) is 5.87. The Morgan fingerprint density at radius 1 is 1.58 bits per heavy atom. The number of thiophene rings is 1. The summed E-state index contributed by atoms with van der Waals surface area (Å²) in [7, 11) is 1.90. The molecule has 3 rings (SSSR count). The second-order valence-corrected chi connectivity index (χ2v) is 7.13. The Bertz CT molecular complexity index is 635. The molecular formula is C17H24N4O2S. The molecule has 0 saturated carbocycles. The topological polar surface area (TPSA) is 59.4 Å². The summed E-state index contributed by atoms with van der Waals surface area (Å²) in [6, 6.07) is 4.06. The van der Waals surface area contributed by atoms with E-state index in [0.29, 0.717) is 19.6 Å². The van der Waals surface area contributed by atoms with Gasteiger partial charge in [-0.3, -0.25) is 4.68 Å². The zero-order chi connectivity index (χ0) is 16.8. The van der Waals surface area contributed by atoms with Crippen molar-refractivity contribution in [2.24, 2.45) is 7.05 Å². The predicted molar refractivity (Wildman–Crippen MR) is 94.0 cm³/mol. The van der Waals surface area contributed by atoms with E-state index in [0.717, 1.165) is 31.4 Å². The van der Waals surface area contributed by atoms with Gasteiger partial charge in [0.05, 0.1) is 18.8 Å². The highest BCUT2D eigenvalue weighted by Gasteiger charge is 2.22. The number of nitrogens with one attached hydrogen (secondary N) is 1. The van der Waals surface area contributed by atoms with Crippen LogP contribution in [0, 0.1) is 0 Å². The molecule has 0 aliphatic carbocycles. The maximum Gasteiger partial charge on any atom is 0.317 e. The van der Waals surface area contributed by atoms with Crippen LogP contribution in [0.25, 0.3) is 0 Å². The van der Waals surface area contributed by atoms with Crippen molar-refractivity contribution >= 4 is 17.4 Å². The zero-order valence-corrected chi connectivity index (χ0v) is 14.8. The molecule has 1 unspecified atom stereocenters. The van der Waals surface area contributed by atoms with E-state index in [1.165, 1.54) is 4.88 Å². The van der Waals surface area contributed by atoms with Gasteiger partial charge in [0.15, 0.2) is 0 Å². The van der Waals surface area contributed by atoms with Crippen molar-refractivity contribution < 1.29 is 9.53 Å². The molecule has 24 heavy (non-hydrogen) atoms. The molecule has 0 spiro atoms. The van der Waals surface area contributed by atoms with E-state index in [-0.39, 0.29) is 12.1 Å². The summed E-state index contributed by atoms with van der Waals surface area (Å²) >= 11 is 1.68. The molecule has 1 aliphatic heterocycles. The van der Waals surface area contributed by atoms with Crippen molar-refractivity contribution in [3.05, 3.63) is 40.3 Å². The second-order valence-electron chi connectivity index (χ2n) is 6.10. The number of urea groups is 1. The van der Waals surface area contributed by atoms with Crippen molar-refractivity contribution in [2.75, 3.05) is 19.7 Å². The highest BCUT2D eigenvalue weighted by Crippen LogP contribution is 2.17. The van der Waals surface area contributed by atoms with Crippen LogP contribution in [0.5, 0.6) is 0 Å². The van der Waals surface area contributed by atoms with Gasteiger partial charge in [-0.1, -0.05) is 6.07 Å². The molecule has 6 nitrogen and oxygen atoms in total. The molecule has 1 saturated heterocycles. The Labute approximate surface area is 146 Å². The number of hydrogen-bond acceptors (Lipinski definition) is 4. The van der Waals surface area contributed by atoms with E-state index < -0.39 is 0 Å². The minimum absolute atomic E-state index is 0.0252. The van der Waals surface area contributed by atoms with Crippen LogP contribution in [-0.4, -0.2) is 46.5 Å². The smallest absolute Gasteiger partial charge is 0.317 e. The number of ether oxygens (including phenoxy) is 1. The number of amides is 2. The summed E-state index contributed by atoms with van der Waals surface area (Å²) in [5.41, 5.74) is 1.13. The van der Waals surface area contributed by atoms with Gasteiger partial charge in [0, 0.05) is 37.8 Å². The number of aryl methyl sites for hydroxylation is 1. The van der Waals surface area contributed by atoms with Crippen LogP contribution in [0.2, 0.25) is 0 Å². The molecular weight excluding hydrogens is 324 g/mol. The van der Waals surface area contributed by atoms with Crippen molar-refractivity contribution in [3.8, 4) is 0 Å². The standard InChI is InChI=1S/C17H24N4O2S/c1-20-11-14(10-19-20)6-7-18-17(22)21(12-15-4-2-8-23-15)13-16-5-3-9-24-16/h3,5,9-11,15H,2,4,6-8,12-13H2,1H3,(H,18,22). The molecule has 130 valence electrons. The van der Waals surface area contributed by atoms with Gasteiger partial charge in [-0.15, -0.1) is 11.3 Å². The van der Waals surface area contributed by atoms with Gasteiger partial charge in [-0.05, 0) is 36.3 Å². The average molecular weight is 348 g/mol. The van der Waals surface area contributed by atoms with Crippen LogP contribution in [0.1, 0.15) is 23.3 Å². The zero-order valence-electron chi connectivity index (χ0n) is 14.0. The number of hydrogen-bond donors (Lipinski definition) is 1. The van der Waals surface area contributed by atoms with Crippen molar-refractivity contribution in [1.29, 1.82) is 0 Å². The van der Waals surface area contributed by atoms with Crippen LogP contribution < -0.4 is 5.32 Å². The molecule has 2 aromatic rings. The van der Waals surface area contributed by atoms with Crippen LogP contribution in [-0.2, 0) is 24.8 Å². The summed E-state index contributed by atoms with van der Waals surface area (Å²) in [6.45, 7) is 2.70. The summed E-state index contributed by atoms with van der Waals surface area (Å²) in [6.07, 6.45) is 6.87. The molecule has 1 N–H and O–H groups in total. The highest BCUT2D eigenvalue weighted by molar-refractivity contribution is 7.09. The normalized spacial score (nSPS) is 17.1. The first kappa shape index (κ1) is 17.0. The van der Waals surface area contributed by atoms with E-state index in [9.17, 15) is 4.79 Å². The molecule has 1 fully saturated rings. The lowest BCUT2D eigenvalue weighted by Gasteiger charge is -2.25. The Balaban J connectivity index is 1.52. The average Bonchev–Trinajstić information content (AvgIpc) is 3.30. The molecule has 0 radical (unpaired) electrons. The number of carbonyl (C=O) groups is 1. The summed E-state index contributed by atoms with van der Waals surface area (Å²) < 4.78 is 7.48. The first-order valence-corrected chi connectivity index (χ1v) is 9.23. The Morgan fingerprint density at radius 3 is 3.17 bits per heavy atom. The van der Waals surface area contributed by atoms with Gasteiger partial charge in [0.1, 0.15) is 0 Å². The lowest BCUT2D eigenvalue weighted by molar-refractivity contribution is 0.0798. The lowest BCUT2D eigenvalue weighted by Crippen LogP contribution is -2.43. The monoisotopic (exact) mass is 348 g/mol. The largest absolute Gasteiger partial charge is 0.376 e. The predicted octanol–water partition coefficient (Wildman–Crippen LogP) is 2.41. The minimum Gasteiger partial charge on any atom is -0.376 e. The SMILES string of the molecule is Cn1cc(CCNC(=O)N(Cc2cccs2)CC2CCCO2)cn1. The lowest BCUT2D eigenvalue weighted by atomic mass is 10.2. The van der Waals surface area contributed by atoms with Crippen molar-refractivity contribution in [2.45, 2.75) is 31.9 Å². The summed E-state index contributed by atoms with van der Waals surface area (Å²) in [4.78, 5) is 15.7. The molecule has 3 heterocycles. The number of rotatable bonds is 7. The van der Waals surface area contributed by atoms with Gasteiger partial charge in [0.2, 0.25) is 0 Å². The molecule has 2 amide bonds. The third-order valence-corrected chi connectivity index (χ3v) is 4.97. The fourth-order valence-electron chi connectivity index (χ4n) is 2.87. The van der Waals surface area contributed by atoms with Gasteiger partial charge in [-0.2, -0.15) is 5.10 Å². The summed E-state index contributed by atoms with van der Waals surface area (Å²) in [5.74, 6) is 0. The minimum atomic E-state index is -0.0252. The van der Waals surface area contributed by atoms with E-state index in [2.05, 4.69) is 16.5 Å². The highest BCUT2D eigenvalue weighted by atomic mass is 32.1.